The molecule has 2 rings (SSSR count). The van der Waals surface area contributed by atoms with Crippen LogP contribution < -0.4 is 10.6 Å². The number of hydrogen-bond acceptors (Lipinski definition) is 4. The van der Waals surface area contributed by atoms with Gasteiger partial charge < -0.3 is 10.6 Å². The number of fused-ring (bicyclic) bond motifs is 1. The fraction of sp³-hybridized carbons (Fsp3) is 0.562. The summed E-state index contributed by atoms with van der Waals surface area (Å²) in [5, 5.41) is 1.10. The summed E-state index contributed by atoms with van der Waals surface area (Å²) in [4.78, 5) is 6.99. The first-order valence-electron chi connectivity index (χ1n) is 7.46. The zero-order chi connectivity index (χ0) is 14.7. The lowest BCUT2D eigenvalue weighted by Crippen LogP contribution is -2.32. The van der Waals surface area contributed by atoms with E-state index in [4.69, 9.17) is 5.73 Å². The van der Waals surface area contributed by atoms with Crippen molar-refractivity contribution in [2.24, 2.45) is 0 Å². The van der Waals surface area contributed by atoms with Gasteiger partial charge in [-0.05, 0) is 39.3 Å². The molecule has 0 amide bonds. The molecule has 0 aliphatic heterocycles. The van der Waals surface area contributed by atoms with Gasteiger partial charge in [-0.15, -0.1) is 11.3 Å². The maximum atomic E-state index is 6.28. The smallest absolute Gasteiger partial charge is 0.0907 e. The Morgan fingerprint density at radius 3 is 2.70 bits per heavy atom. The SMILES string of the molecule is CCCCCN(c1cc2nc(C)sc2cc1N)C(C)C. The highest BCUT2D eigenvalue weighted by molar-refractivity contribution is 7.18. The van der Waals surface area contributed by atoms with Crippen LogP contribution in [0, 0.1) is 6.92 Å². The molecule has 4 heteroatoms. The van der Waals surface area contributed by atoms with E-state index in [9.17, 15) is 0 Å². The highest BCUT2D eigenvalue weighted by Gasteiger charge is 2.15. The zero-order valence-corrected chi connectivity index (χ0v) is 13.8. The van der Waals surface area contributed by atoms with E-state index in [1.54, 1.807) is 11.3 Å². The van der Waals surface area contributed by atoms with Gasteiger partial charge in [0.1, 0.15) is 0 Å². The van der Waals surface area contributed by atoms with Gasteiger partial charge in [0.15, 0.2) is 0 Å². The first-order chi connectivity index (χ1) is 9.52. The van der Waals surface area contributed by atoms with Gasteiger partial charge in [-0.1, -0.05) is 19.8 Å². The van der Waals surface area contributed by atoms with Crippen LogP contribution in [0.3, 0.4) is 0 Å². The van der Waals surface area contributed by atoms with E-state index in [0.717, 1.165) is 28.4 Å². The average Bonchev–Trinajstić information content (AvgIpc) is 2.73. The van der Waals surface area contributed by atoms with Gasteiger partial charge in [0.05, 0.1) is 26.6 Å². The summed E-state index contributed by atoms with van der Waals surface area (Å²) < 4.78 is 1.18. The molecule has 2 N–H and O–H groups in total. The first-order valence-corrected chi connectivity index (χ1v) is 8.28. The van der Waals surface area contributed by atoms with Crippen LogP contribution in [-0.4, -0.2) is 17.6 Å². The third-order valence-corrected chi connectivity index (χ3v) is 4.51. The summed E-state index contributed by atoms with van der Waals surface area (Å²) in [5.74, 6) is 0. The number of anilines is 2. The second-order valence-corrected chi connectivity index (χ2v) is 6.84. The molecule has 2 aromatic rings. The summed E-state index contributed by atoms with van der Waals surface area (Å²) in [6, 6.07) is 4.68. The van der Waals surface area contributed by atoms with Crippen LogP contribution >= 0.6 is 11.3 Å². The van der Waals surface area contributed by atoms with Gasteiger partial charge in [-0.2, -0.15) is 0 Å². The van der Waals surface area contributed by atoms with Crippen molar-refractivity contribution in [2.45, 2.75) is 53.0 Å². The fourth-order valence-electron chi connectivity index (χ4n) is 2.53. The van der Waals surface area contributed by atoms with Crippen molar-refractivity contribution in [1.82, 2.24) is 4.98 Å². The molecule has 0 aliphatic rings. The molecule has 0 fully saturated rings. The molecule has 20 heavy (non-hydrogen) atoms. The number of nitrogens with zero attached hydrogens (tertiary/aromatic N) is 2. The lowest BCUT2D eigenvalue weighted by molar-refractivity contribution is 0.627. The summed E-state index contributed by atoms with van der Waals surface area (Å²) in [7, 11) is 0. The van der Waals surface area contributed by atoms with Crippen molar-refractivity contribution in [3.8, 4) is 0 Å². The normalized spacial score (nSPS) is 11.4. The number of rotatable bonds is 6. The van der Waals surface area contributed by atoms with E-state index in [2.05, 4.69) is 42.8 Å². The van der Waals surface area contributed by atoms with Crippen molar-refractivity contribution in [3.63, 3.8) is 0 Å². The number of nitrogens with two attached hydrogens (primary N) is 1. The van der Waals surface area contributed by atoms with Crippen LogP contribution in [0.5, 0.6) is 0 Å². The van der Waals surface area contributed by atoms with Gasteiger partial charge in [-0.25, -0.2) is 4.98 Å². The molecule has 0 atom stereocenters. The molecule has 1 heterocycles. The van der Waals surface area contributed by atoms with E-state index in [-0.39, 0.29) is 0 Å². The molecule has 0 saturated heterocycles. The Morgan fingerprint density at radius 1 is 1.30 bits per heavy atom. The molecular weight excluding hydrogens is 266 g/mol. The topological polar surface area (TPSA) is 42.2 Å². The minimum absolute atomic E-state index is 0.450. The number of aromatic nitrogens is 1. The number of unbranched alkanes of at least 4 members (excludes halogenated alkanes) is 2. The second-order valence-electron chi connectivity index (χ2n) is 5.61. The average molecular weight is 291 g/mol. The summed E-state index contributed by atoms with van der Waals surface area (Å²) in [6.45, 7) is 9.79. The van der Waals surface area contributed by atoms with Gasteiger partial charge >= 0.3 is 0 Å². The monoisotopic (exact) mass is 291 g/mol. The van der Waals surface area contributed by atoms with Crippen molar-refractivity contribution in [1.29, 1.82) is 0 Å². The fourth-order valence-corrected chi connectivity index (χ4v) is 3.39. The van der Waals surface area contributed by atoms with Crippen LogP contribution in [0.4, 0.5) is 11.4 Å². The molecule has 0 spiro atoms. The minimum atomic E-state index is 0.450. The predicted molar refractivity (Wildman–Crippen MR) is 90.8 cm³/mol. The summed E-state index contributed by atoms with van der Waals surface area (Å²) >= 11 is 1.71. The largest absolute Gasteiger partial charge is 0.397 e. The van der Waals surface area contributed by atoms with Crippen molar-refractivity contribution >= 4 is 32.9 Å². The Labute approximate surface area is 125 Å². The molecule has 1 aromatic carbocycles. The molecule has 0 saturated carbocycles. The Hall–Kier alpha value is -1.29. The van der Waals surface area contributed by atoms with Crippen LogP contribution in [0.1, 0.15) is 45.0 Å². The van der Waals surface area contributed by atoms with Crippen molar-refractivity contribution < 1.29 is 0 Å². The lowest BCUT2D eigenvalue weighted by Gasteiger charge is -2.30. The molecule has 0 unspecified atom stereocenters. The van der Waals surface area contributed by atoms with E-state index < -0.39 is 0 Å². The van der Waals surface area contributed by atoms with Crippen molar-refractivity contribution in [3.05, 3.63) is 17.1 Å². The number of thiazole rings is 1. The molecule has 3 nitrogen and oxygen atoms in total. The maximum Gasteiger partial charge on any atom is 0.0907 e. The molecule has 1 aromatic heterocycles. The first kappa shape index (κ1) is 15.1. The van der Waals surface area contributed by atoms with Gasteiger partial charge in [0.25, 0.3) is 0 Å². The Kier molecular flexibility index (Phi) is 4.86. The van der Waals surface area contributed by atoms with Crippen LogP contribution in [0.15, 0.2) is 12.1 Å². The number of benzene rings is 1. The van der Waals surface area contributed by atoms with Crippen LogP contribution in [0.2, 0.25) is 0 Å². The molecule has 110 valence electrons. The van der Waals surface area contributed by atoms with Gasteiger partial charge in [-0.3, -0.25) is 0 Å². The maximum absolute atomic E-state index is 6.28. The quantitative estimate of drug-likeness (QED) is 0.625. The Bertz CT molecular complexity index is 574. The number of hydrogen-bond donors (Lipinski definition) is 1. The second kappa shape index (κ2) is 6.44. The van der Waals surface area contributed by atoms with E-state index >= 15 is 0 Å². The number of nitrogen functional groups attached to an aromatic ring is 1. The Morgan fingerprint density at radius 2 is 2.05 bits per heavy atom. The zero-order valence-electron chi connectivity index (χ0n) is 12.9. The minimum Gasteiger partial charge on any atom is -0.397 e. The third-order valence-electron chi connectivity index (χ3n) is 3.58. The van der Waals surface area contributed by atoms with Crippen molar-refractivity contribution in [2.75, 3.05) is 17.2 Å². The molecule has 0 radical (unpaired) electrons. The Balaban J connectivity index is 2.33. The van der Waals surface area contributed by atoms with E-state index in [1.807, 2.05) is 6.92 Å². The standard InChI is InChI=1S/C16H25N3S/c1-5-6-7-8-19(11(2)3)15-10-14-16(9-13(15)17)20-12(4)18-14/h9-11H,5-8,17H2,1-4H3. The summed E-state index contributed by atoms with van der Waals surface area (Å²) in [6.07, 6.45) is 3.72. The van der Waals surface area contributed by atoms with Gasteiger partial charge in [0, 0.05) is 12.6 Å². The number of aryl methyl sites for hydroxylation is 1. The highest BCUT2D eigenvalue weighted by atomic mass is 32.1. The molecule has 0 bridgehead atoms. The third kappa shape index (κ3) is 3.23. The van der Waals surface area contributed by atoms with Crippen LogP contribution in [0.25, 0.3) is 10.2 Å². The lowest BCUT2D eigenvalue weighted by atomic mass is 10.1. The van der Waals surface area contributed by atoms with Crippen LogP contribution in [-0.2, 0) is 0 Å². The molecule has 0 aliphatic carbocycles. The predicted octanol–water partition coefficient (Wildman–Crippen LogP) is 4.59. The van der Waals surface area contributed by atoms with Gasteiger partial charge in [0.2, 0.25) is 0 Å². The summed E-state index contributed by atoms with van der Waals surface area (Å²) in [5.41, 5.74) is 9.34. The van der Waals surface area contributed by atoms with E-state index in [1.165, 1.54) is 24.0 Å². The van der Waals surface area contributed by atoms with E-state index in [0.29, 0.717) is 6.04 Å². The highest BCUT2D eigenvalue weighted by Crippen LogP contribution is 2.33. The molecular formula is C16H25N3S.